The Balaban J connectivity index is 1.65. The predicted molar refractivity (Wildman–Crippen MR) is 141 cm³/mol. The Morgan fingerprint density at radius 1 is 1.08 bits per heavy atom. The van der Waals surface area contributed by atoms with Crippen LogP contribution in [-0.2, 0) is 16.2 Å². The maximum atomic E-state index is 13.2. The largest absolute Gasteiger partial charge is 0.493 e. The number of nitrogens with one attached hydrogen (secondary N) is 1. The van der Waals surface area contributed by atoms with Crippen LogP contribution in [0.2, 0.25) is 0 Å². The highest BCUT2D eigenvalue weighted by Crippen LogP contribution is 2.35. The SMILES string of the molecule is COc1cc(/C=C2\C(=O)NC(=O)N(c3ccc(C)cc3)C2=O)cc(I)c1OCc1ccccc1C#N. The lowest BCUT2D eigenvalue weighted by molar-refractivity contribution is -0.122. The van der Waals surface area contributed by atoms with E-state index in [-0.39, 0.29) is 12.2 Å². The van der Waals surface area contributed by atoms with E-state index in [2.05, 4.69) is 34.0 Å². The van der Waals surface area contributed by atoms with Crippen molar-refractivity contribution in [2.75, 3.05) is 12.0 Å². The number of carbonyl (C=O) groups excluding carboxylic acids is 3. The molecule has 0 bridgehead atoms. The minimum Gasteiger partial charge on any atom is -0.493 e. The molecule has 4 rings (SSSR count). The van der Waals surface area contributed by atoms with E-state index < -0.39 is 17.8 Å². The van der Waals surface area contributed by atoms with Gasteiger partial charge in [0.05, 0.1) is 28.0 Å². The zero-order chi connectivity index (χ0) is 25.8. The fraction of sp³-hybridized carbons (Fsp3) is 0.111. The summed E-state index contributed by atoms with van der Waals surface area (Å²) >= 11 is 2.07. The molecule has 1 saturated heterocycles. The van der Waals surface area contributed by atoms with Gasteiger partial charge in [-0.3, -0.25) is 14.9 Å². The molecule has 0 aliphatic carbocycles. The van der Waals surface area contributed by atoms with Gasteiger partial charge in [0.2, 0.25) is 0 Å². The van der Waals surface area contributed by atoms with E-state index >= 15 is 0 Å². The Hall–Kier alpha value is -4.17. The molecule has 4 amide bonds. The number of nitrogens with zero attached hydrogens (tertiary/aromatic N) is 2. The number of hydrogen-bond donors (Lipinski definition) is 1. The lowest BCUT2D eigenvalue weighted by atomic mass is 10.1. The van der Waals surface area contributed by atoms with Crippen molar-refractivity contribution in [3.8, 4) is 17.6 Å². The van der Waals surface area contributed by atoms with Crippen LogP contribution in [0.3, 0.4) is 0 Å². The Morgan fingerprint density at radius 2 is 1.81 bits per heavy atom. The van der Waals surface area contributed by atoms with E-state index in [0.717, 1.165) is 16.0 Å². The molecule has 9 heteroatoms. The molecule has 0 atom stereocenters. The summed E-state index contributed by atoms with van der Waals surface area (Å²) in [7, 11) is 1.48. The molecule has 0 radical (unpaired) electrons. The zero-order valence-electron chi connectivity index (χ0n) is 19.4. The van der Waals surface area contributed by atoms with Gasteiger partial charge in [0.15, 0.2) is 11.5 Å². The van der Waals surface area contributed by atoms with E-state index in [9.17, 15) is 19.6 Å². The number of barbiturate groups is 1. The molecule has 0 saturated carbocycles. The number of rotatable bonds is 6. The van der Waals surface area contributed by atoms with Crippen LogP contribution >= 0.6 is 22.6 Å². The highest BCUT2D eigenvalue weighted by molar-refractivity contribution is 14.1. The monoisotopic (exact) mass is 593 g/mol. The van der Waals surface area contributed by atoms with Crippen molar-refractivity contribution in [2.24, 2.45) is 0 Å². The third kappa shape index (κ3) is 5.08. The van der Waals surface area contributed by atoms with Crippen molar-refractivity contribution in [1.29, 1.82) is 5.26 Å². The molecule has 36 heavy (non-hydrogen) atoms. The lowest BCUT2D eigenvalue weighted by Gasteiger charge is -2.26. The number of benzene rings is 3. The molecule has 8 nitrogen and oxygen atoms in total. The molecule has 0 aromatic heterocycles. The van der Waals surface area contributed by atoms with E-state index in [1.165, 1.54) is 13.2 Å². The summed E-state index contributed by atoms with van der Waals surface area (Å²) in [4.78, 5) is 39.0. The van der Waals surface area contributed by atoms with Crippen molar-refractivity contribution in [3.63, 3.8) is 0 Å². The van der Waals surface area contributed by atoms with Crippen LogP contribution in [-0.4, -0.2) is 25.0 Å². The number of carbonyl (C=O) groups is 3. The molecule has 0 unspecified atom stereocenters. The van der Waals surface area contributed by atoms with Crippen LogP contribution in [0.1, 0.15) is 22.3 Å². The number of imide groups is 2. The van der Waals surface area contributed by atoms with Gasteiger partial charge in [-0.2, -0.15) is 5.26 Å². The highest BCUT2D eigenvalue weighted by atomic mass is 127. The van der Waals surface area contributed by atoms with E-state index in [1.54, 1.807) is 48.5 Å². The number of halogens is 1. The normalized spacial score (nSPS) is 14.4. The summed E-state index contributed by atoms with van der Waals surface area (Å²) in [6.45, 7) is 2.05. The van der Waals surface area contributed by atoms with Gasteiger partial charge in [-0.05, 0) is 71.5 Å². The average Bonchev–Trinajstić information content (AvgIpc) is 2.86. The standard InChI is InChI=1S/C27H20IN3O5/c1-16-7-9-20(10-8-16)31-26(33)21(25(32)30-27(31)34)11-17-12-22(28)24(23(13-17)35-2)36-15-19-6-4-3-5-18(19)14-29/h3-13H,15H2,1-2H3,(H,30,32,34)/b21-11+. The Bertz CT molecular complexity index is 1440. The number of ether oxygens (including phenoxy) is 2. The molecule has 1 heterocycles. The fourth-order valence-corrected chi connectivity index (χ4v) is 4.40. The quantitative estimate of drug-likeness (QED) is 0.252. The minimum absolute atomic E-state index is 0.158. The fourth-order valence-electron chi connectivity index (χ4n) is 3.62. The van der Waals surface area contributed by atoms with Crippen molar-refractivity contribution < 1.29 is 23.9 Å². The topological polar surface area (TPSA) is 109 Å². The third-order valence-electron chi connectivity index (χ3n) is 5.47. The molecule has 3 aromatic carbocycles. The molecule has 1 fully saturated rings. The molecule has 1 aliphatic heterocycles. The van der Waals surface area contributed by atoms with Gasteiger partial charge >= 0.3 is 6.03 Å². The number of aryl methyl sites for hydroxylation is 1. The predicted octanol–water partition coefficient (Wildman–Crippen LogP) is 4.73. The van der Waals surface area contributed by atoms with Crippen LogP contribution in [0.4, 0.5) is 10.5 Å². The van der Waals surface area contributed by atoms with Gasteiger partial charge in [0.1, 0.15) is 12.2 Å². The summed E-state index contributed by atoms with van der Waals surface area (Å²) in [5.41, 5.74) is 2.89. The summed E-state index contributed by atoms with van der Waals surface area (Å²) in [5, 5.41) is 11.5. The van der Waals surface area contributed by atoms with E-state index in [1.807, 2.05) is 19.1 Å². The summed E-state index contributed by atoms with van der Waals surface area (Å²) < 4.78 is 12.1. The summed E-state index contributed by atoms with van der Waals surface area (Å²) in [5.74, 6) is -0.659. The number of urea groups is 1. The molecular formula is C27H20IN3O5. The first-order valence-electron chi connectivity index (χ1n) is 10.8. The van der Waals surface area contributed by atoms with E-state index in [4.69, 9.17) is 9.47 Å². The smallest absolute Gasteiger partial charge is 0.335 e. The van der Waals surface area contributed by atoms with Crippen LogP contribution in [0, 0.1) is 21.8 Å². The summed E-state index contributed by atoms with van der Waals surface area (Å²) in [6, 6.07) is 18.7. The Kier molecular flexibility index (Phi) is 7.36. The number of nitriles is 1. The average molecular weight is 593 g/mol. The minimum atomic E-state index is -0.806. The van der Waals surface area contributed by atoms with Crippen LogP contribution in [0.15, 0.2) is 66.2 Å². The van der Waals surface area contributed by atoms with Gasteiger partial charge in [0.25, 0.3) is 11.8 Å². The van der Waals surface area contributed by atoms with Crippen LogP contribution in [0.5, 0.6) is 11.5 Å². The van der Waals surface area contributed by atoms with Gasteiger partial charge in [0, 0.05) is 5.56 Å². The maximum absolute atomic E-state index is 13.2. The number of hydrogen-bond acceptors (Lipinski definition) is 6. The van der Waals surface area contributed by atoms with Crippen molar-refractivity contribution in [2.45, 2.75) is 13.5 Å². The van der Waals surface area contributed by atoms with Gasteiger partial charge < -0.3 is 9.47 Å². The maximum Gasteiger partial charge on any atom is 0.335 e. The summed E-state index contributed by atoms with van der Waals surface area (Å²) in [6.07, 6.45) is 1.41. The number of anilines is 1. The molecule has 1 aliphatic rings. The van der Waals surface area contributed by atoms with Gasteiger partial charge in [-0.15, -0.1) is 0 Å². The van der Waals surface area contributed by atoms with Crippen molar-refractivity contribution in [1.82, 2.24) is 5.32 Å². The second-order valence-corrected chi connectivity index (χ2v) is 9.05. The molecule has 0 spiro atoms. The zero-order valence-corrected chi connectivity index (χ0v) is 21.5. The van der Waals surface area contributed by atoms with E-state index in [0.29, 0.717) is 31.9 Å². The first-order chi connectivity index (χ1) is 17.3. The lowest BCUT2D eigenvalue weighted by Crippen LogP contribution is -2.54. The molecule has 1 N–H and O–H groups in total. The van der Waals surface area contributed by atoms with Gasteiger partial charge in [-0.1, -0.05) is 35.9 Å². The first kappa shape index (κ1) is 24.9. The molecule has 3 aromatic rings. The van der Waals surface area contributed by atoms with Crippen molar-refractivity contribution >= 4 is 52.2 Å². The molecule has 180 valence electrons. The Labute approximate surface area is 221 Å². The highest BCUT2D eigenvalue weighted by Gasteiger charge is 2.36. The second kappa shape index (κ2) is 10.6. The van der Waals surface area contributed by atoms with Crippen LogP contribution in [0.25, 0.3) is 6.08 Å². The van der Waals surface area contributed by atoms with Crippen LogP contribution < -0.4 is 19.7 Å². The Morgan fingerprint density at radius 3 is 2.50 bits per heavy atom. The van der Waals surface area contributed by atoms with Gasteiger partial charge in [-0.25, -0.2) is 9.69 Å². The van der Waals surface area contributed by atoms with Crippen molar-refractivity contribution in [3.05, 3.63) is 92.1 Å². The first-order valence-corrected chi connectivity index (χ1v) is 11.9. The molecular weight excluding hydrogens is 573 g/mol. The second-order valence-electron chi connectivity index (χ2n) is 7.89. The number of amides is 4. The number of methoxy groups -OCH3 is 1. The third-order valence-corrected chi connectivity index (χ3v) is 6.27.